The molecule has 3 heteroatoms. The Hall–Kier alpha value is -1.06. The lowest BCUT2D eigenvalue weighted by Gasteiger charge is -2.21. The normalized spacial score (nSPS) is 13.7. The van der Waals surface area contributed by atoms with Crippen molar-refractivity contribution in [2.45, 2.75) is 38.5 Å². The fraction of sp³-hybridized carbons (Fsp3) is 0.438. The minimum atomic E-state index is 0.0786. The molecule has 0 bridgehead atoms. The second-order valence-corrected chi connectivity index (χ2v) is 7.78. The molecule has 0 aliphatic carbocycles. The van der Waals surface area contributed by atoms with Gasteiger partial charge in [-0.3, -0.25) is 4.98 Å². The van der Waals surface area contributed by atoms with Crippen molar-refractivity contribution < 1.29 is 0 Å². The SMILES string of the molecule is Cc1ccc2cc(C(N)CSC(C)(C)C)ccc2n1. The summed E-state index contributed by atoms with van der Waals surface area (Å²) in [5.41, 5.74) is 9.56. The Labute approximate surface area is 119 Å². The van der Waals surface area contributed by atoms with Gasteiger partial charge < -0.3 is 5.73 Å². The van der Waals surface area contributed by atoms with Crippen molar-refractivity contribution >= 4 is 22.7 Å². The van der Waals surface area contributed by atoms with Gasteiger partial charge in [-0.25, -0.2) is 0 Å². The molecule has 102 valence electrons. The molecule has 1 heterocycles. The summed E-state index contributed by atoms with van der Waals surface area (Å²) < 4.78 is 0.257. The summed E-state index contributed by atoms with van der Waals surface area (Å²) in [5.74, 6) is 0.939. The van der Waals surface area contributed by atoms with Crippen molar-refractivity contribution in [3.05, 3.63) is 41.6 Å². The van der Waals surface area contributed by atoms with E-state index in [0.29, 0.717) is 0 Å². The zero-order valence-corrected chi connectivity index (χ0v) is 12.9. The minimum absolute atomic E-state index is 0.0786. The Morgan fingerprint density at radius 3 is 2.63 bits per heavy atom. The molecular formula is C16H22N2S. The van der Waals surface area contributed by atoms with Gasteiger partial charge in [0.25, 0.3) is 0 Å². The zero-order chi connectivity index (χ0) is 14.0. The molecule has 0 spiro atoms. The lowest BCUT2D eigenvalue weighted by Crippen LogP contribution is -2.18. The molecule has 0 radical (unpaired) electrons. The monoisotopic (exact) mass is 274 g/mol. The van der Waals surface area contributed by atoms with E-state index in [1.807, 2.05) is 24.8 Å². The van der Waals surface area contributed by atoms with Gasteiger partial charge in [-0.1, -0.05) is 32.9 Å². The molecule has 0 saturated carbocycles. The summed E-state index contributed by atoms with van der Waals surface area (Å²) in [6.45, 7) is 8.67. The number of hydrogen-bond acceptors (Lipinski definition) is 3. The molecule has 0 fully saturated rings. The molecule has 2 rings (SSSR count). The molecule has 2 aromatic rings. The smallest absolute Gasteiger partial charge is 0.0705 e. The Balaban J connectivity index is 2.18. The molecule has 1 atom stereocenters. The molecule has 2 N–H and O–H groups in total. The topological polar surface area (TPSA) is 38.9 Å². The zero-order valence-electron chi connectivity index (χ0n) is 12.1. The molecule has 1 aromatic heterocycles. The van der Waals surface area contributed by atoms with Gasteiger partial charge in [-0.15, -0.1) is 0 Å². The molecular weight excluding hydrogens is 252 g/mol. The summed E-state index contributed by atoms with van der Waals surface area (Å²) in [5, 5.41) is 1.17. The molecule has 2 nitrogen and oxygen atoms in total. The van der Waals surface area contributed by atoms with Crippen LogP contribution in [0.4, 0.5) is 0 Å². The molecule has 1 unspecified atom stereocenters. The summed E-state index contributed by atoms with van der Waals surface area (Å²) in [7, 11) is 0. The first kappa shape index (κ1) is 14.4. The van der Waals surface area contributed by atoms with Gasteiger partial charge in [0.1, 0.15) is 0 Å². The average molecular weight is 274 g/mol. The highest BCUT2D eigenvalue weighted by atomic mass is 32.2. The number of pyridine rings is 1. The quantitative estimate of drug-likeness (QED) is 0.916. The van der Waals surface area contributed by atoms with Gasteiger partial charge in [-0.05, 0) is 30.7 Å². The summed E-state index contributed by atoms with van der Waals surface area (Å²) in [6.07, 6.45) is 0. The van der Waals surface area contributed by atoms with E-state index in [-0.39, 0.29) is 10.8 Å². The maximum atomic E-state index is 6.28. The number of aryl methyl sites for hydroxylation is 1. The maximum Gasteiger partial charge on any atom is 0.0705 e. The third kappa shape index (κ3) is 3.95. The van der Waals surface area contributed by atoms with E-state index in [1.54, 1.807) is 0 Å². The van der Waals surface area contributed by atoms with Crippen LogP contribution in [0.15, 0.2) is 30.3 Å². The van der Waals surface area contributed by atoms with Crippen LogP contribution in [0.3, 0.4) is 0 Å². The lowest BCUT2D eigenvalue weighted by atomic mass is 10.1. The van der Waals surface area contributed by atoms with Crippen LogP contribution in [0.2, 0.25) is 0 Å². The fourth-order valence-electron chi connectivity index (χ4n) is 1.91. The first-order chi connectivity index (χ1) is 8.85. The summed E-state index contributed by atoms with van der Waals surface area (Å²) in [4.78, 5) is 4.52. The highest BCUT2D eigenvalue weighted by Crippen LogP contribution is 2.28. The summed E-state index contributed by atoms with van der Waals surface area (Å²) >= 11 is 1.90. The molecule has 19 heavy (non-hydrogen) atoms. The predicted octanol–water partition coefficient (Wildman–Crippen LogP) is 4.07. The molecule has 0 aliphatic heterocycles. The van der Waals surface area contributed by atoms with Gasteiger partial charge in [0.05, 0.1) is 5.52 Å². The van der Waals surface area contributed by atoms with E-state index in [9.17, 15) is 0 Å². The Bertz CT molecular complexity index is 572. The average Bonchev–Trinajstić information content (AvgIpc) is 2.34. The number of nitrogens with two attached hydrogens (primary N) is 1. The molecule has 0 saturated heterocycles. The lowest BCUT2D eigenvalue weighted by molar-refractivity contribution is 0.779. The molecule has 0 aliphatic rings. The van der Waals surface area contributed by atoms with Gasteiger partial charge in [0.15, 0.2) is 0 Å². The number of hydrogen-bond donors (Lipinski definition) is 1. The van der Waals surface area contributed by atoms with Crippen LogP contribution in [0.1, 0.15) is 38.1 Å². The summed E-state index contributed by atoms with van der Waals surface area (Å²) in [6, 6.07) is 10.6. The van der Waals surface area contributed by atoms with Crippen molar-refractivity contribution in [2.75, 3.05) is 5.75 Å². The maximum absolute atomic E-state index is 6.28. The van der Waals surface area contributed by atoms with E-state index < -0.39 is 0 Å². The van der Waals surface area contributed by atoms with Crippen LogP contribution >= 0.6 is 11.8 Å². The van der Waals surface area contributed by atoms with E-state index in [4.69, 9.17) is 5.73 Å². The highest BCUT2D eigenvalue weighted by Gasteiger charge is 2.14. The minimum Gasteiger partial charge on any atom is -0.323 e. The van der Waals surface area contributed by atoms with Crippen molar-refractivity contribution in [1.82, 2.24) is 4.98 Å². The van der Waals surface area contributed by atoms with Gasteiger partial charge >= 0.3 is 0 Å². The number of benzene rings is 1. The van der Waals surface area contributed by atoms with E-state index in [1.165, 1.54) is 10.9 Å². The largest absolute Gasteiger partial charge is 0.323 e. The van der Waals surface area contributed by atoms with Crippen molar-refractivity contribution in [3.63, 3.8) is 0 Å². The van der Waals surface area contributed by atoms with Crippen molar-refractivity contribution in [2.24, 2.45) is 5.73 Å². The van der Waals surface area contributed by atoms with Crippen LogP contribution in [-0.2, 0) is 0 Å². The first-order valence-corrected chi connectivity index (χ1v) is 7.60. The third-order valence-corrected chi connectivity index (χ3v) is 4.37. The van der Waals surface area contributed by atoms with E-state index in [0.717, 1.165) is 17.0 Å². The Kier molecular flexibility index (Phi) is 4.16. The number of aromatic nitrogens is 1. The fourth-order valence-corrected chi connectivity index (χ4v) is 2.78. The van der Waals surface area contributed by atoms with Crippen LogP contribution in [0.25, 0.3) is 10.9 Å². The predicted molar refractivity (Wildman–Crippen MR) is 85.6 cm³/mol. The Morgan fingerprint density at radius 2 is 1.95 bits per heavy atom. The number of thioether (sulfide) groups is 1. The first-order valence-electron chi connectivity index (χ1n) is 6.62. The Morgan fingerprint density at radius 1 is 1.21 bits per heavy atom. The van der Waals surface area contributed by atoms with Crippen LogP contribution < -0.4 is 5.73 Å². The van der Waals surface area contributed by atoms with Crippen LogP contribution in [-0.4, -0.2) is 15.5 Å². The van der Waals surface area contributed by atoms with Gasteiger partial charge in [-0.2, -0.15) is 11.8 Å². The number of nitrogens with zero attached hydrogens (tertiary/aromatic N) is 1. The van der Waals surface area contributed by atoms with Crippen LogP contribution in [0, 0.1) is 6.92 Å². The van der Waals surface area contributed by atoms with Crippen molar-refractivity contribution in [3.8, 4) is 0 Å². The highest BCUT2D eigenvalue weighted by molar-refractivity contribution is 8.00. The van der Waals surface area contributed by atoms with Gasteiger partial charge in [0.2, 0.25) is 0 Å². The number of fused-ring (bicyclic) bond motifs is 1. The van der Waals surface area contributed by atoms with E-state index in [2.05, 4.69) is 50.0 Å². The van der Waals surface area contributed by atoms with Crippen molar-refractivity contribution in [1.29, 1.82) is 0 Å². The molecule has 0 amide bonds. The second-order valence-electron chi connectivity index (χ2n) is 5.93. The van der Waals surface area contributed by atoms with Crippen LogP contribution in [0.5, 0.6) is 0 Å². The third-order valence-electron chi connectivity index (χ3n) is 2.98. The van der Waals surface area contributed by atoms with E-state index >= 15 is 0 Å². The van der Waals surface area contributed by atoms with Gasteiger partial charge in [0, 0.05) is 27.6 Å². The standard InChI is InChI=1S/C16H22N2S/c1-11-5-6-13-9-12(7-8-15(13)18-11)14(17)10-19-16(2,3)4/h5-9,14H,10,17H2,1-4H3. The molecule has 1 aromatic carbocycles. The second kappa shape index (κ2) is 5.51. The number of rotatable bonds is 3.